The van der Waals surface area contributed by atoms with Gasteiger partial charge in [-0.3, -0.25) is 9.78 Å². The Balaban J connectivity index is 1.56. The van der Waals surface area contributed by atoms with E-state index in [0.717, 1.165) is 16.7 Å². The summed E-state index contributed by atoms with van der Waals surface area (Å²) in [4.78, 5) is 17.5. The molecule has 1 aromatic carbocycles. The largest absolute Gasteiger partial charge is 0.390 e. The molecule has 0 radical (unpaired) electrons. The fourth-order valence-corrected chi connectivity index (χ4v) is 6.06. The third kappa shape index (κ3) is 4.55. The minimum Gasteiger partial charge on any atom is -0.390 e. The van der Waals surface area contributed by atoms with Gasteiger partial charge in [0.2, 0.25) is 5.91 Å². The summed E-state index contributed by atoms with van der Waals surface area (Å²) in [6, 6.07) is 11.2. The van der Waals surface area contributed by atoms with E-state index in [9.17, 15) is 18.3 Å². The van der Waals surface area contributed by atoms with Gasteiger partial charge in [0.15, 0.2) is 9.84 Å². The molecular formula is C22H26N2O5S. The van der Waals surface area contributed by atoms with Crippen LogP contribution >= 0.6 is 0 Å². The van der Waals surface area contributed by atoms with Crippen molar-refractivity contribution >= 4 is 15.7 Å². The summed E-state index contributed by atoms with van der Waals surface area (Å²) in [6.45, 7) is 0.947. The van der Waals surface area contributed by atoms with Crippen LogP contribution in [0.25, 0.3) is 11.1 Å². The van der Waals surface area contributed by atoms with Crippen molar-refractivity contribution in [2.45, 2.75) is 31.4 Å². The van der Waals surface area contributed by atoms with Gasteiger partial charge in [-0.15, -0.1) is 0 Å². The Hall–Kier alpha value is -2.29. The number of nitrogens with one attached hydrogen (secondary N) is 1. The minimum atomic E-state index is -3.33. The van der Waals surface area contributed by atoms with Gasteiger partial charge in [-0.25, -0.2) is 8.42 Å². The number of carbonyl (C=O) groups excluding carboxylic acids is 1. The maximum Gasteiger partial charge on any atom is 0.227 e. The number of aliphatic hydroxyl groups excluding tert-OH is 1. The lowest BCUT2D eigenvalue weighted by Crippen LogP contribution is -2.52. The van der Waals surface area contributed by atoms with Crippen LogP contribution in [0.3, 0.4) is 0 Å². The highest BCUT2D eigenvalue weighted by Crippen LogP contribution is 2.36. The Kier molecular flexibility index (Phi) is 5.90. The zero-order valence-electron chi connectivity index (χ0n) is 16.7. The van der Waals surface area contributed by atoms with Gasteiger partial charge >= 0.3 is 0 Å². The molecule has 0 unspecified atom stereocenters. The number of rotatable bonds is 5. The van der Waals surface area contributed by atoms with Crippen molar-refractivity contribution < 1.29 is 23.1 Å². The number of benzene rings is 1. The van der Waals surface area contributed by atoms with Crippen molar-refractivity contribution in [1.82, 2.24) is 10.3 Å². The molecule has 8 heteroatoms. The molecule has 160 valence electrons. The summed E-state index contributed by atoms with van der Waals surface area (Å²) < 4.78 is 29.1. The molecule has 2 aromatic rings. The van der Waals surface area contributed by atoms with Gasteiger partial charge in [0.25, 0.3) is 0 Å². The van der Waals surface area contributed by atoms with Crippen LogP contribution in [-0.4, -0.2) is 61.3 Å². The molecule has 1 amide bonds. The fourth-order valence-electron chi connectivity index (χ4n) is 4.32. The quantitative estimate of drug-likeness (QED) is 0.742. The number of carbonyl (C=O) groups is 1. The van der Waals surface area contributed by atoms with Crippen LogP contribution in [0.2, 0.25) is 0 Å². The Morgan fingerprint density at radius 2 is 1.93 bits per heavy atom. The number of amides is 1. The summed E-state index contributed by atoms with van der Waals surface area (Å²) in [7, 11) is -3.33. The molecule has 0 aliphatic carbocycles. The molecule has 0 bridgehead atoms. The molecular weight excluding hydrogens is 404 g/mol. The monoisotopic (exact) mass is 430 g/mol. The summed E-state index contributed by atoms with van der Waals surface area (Å²) in [5, 5.41) is 12.9. The molecule has 2 aliphatic heterocycles. The molecule has 2 N–H and O–H groups in total. The molecule has 2 aliphatic rings. The number of pyridine rings is 1. The second kappa shape index (κ2) is 8.45. The van der Waals surface area contributed by atoms with Gasteiger partial charge in [-0.05, 0) is 42.0 Å². The molecule has 0 spiro atoms. The van der Waals surface area contributed by atoms with E-state index in [-0.39, 0.29) is 17.4 Å². The number of aliphatic hydroxyl groups is 1. The first kappa shape index (κ1) is 21.0. The maximum atomic E-state index is 13.3. The molecule has 2 atom stereocenters. The van der Waals surface area contributed by atoms with Gasteiger partial charge < -0.3 is 15.2 Å². The minimum absolute atomic E-state index is 0.210. The van der Waals surface area contributed by atoms with Crippen molar-refractivity contribution in [3.63, 3.8) is 0 Å². The van der Waals surface area contributed by atoms with Crippen LogP contribution in [0, 0.1) is 5.41 Å². The number of sulfone groups is 1. The van der Waals surface area contributed by atoms with E-state index in [0.29, 0.717) is 32.5 Å². The van der Waals surface area contributed by atoms with Crippen LogP contribution in [0.4, 0.5) is 0 Å². The predicted molar refractivity (Wildman–Crippen MR) is 112 cm³/mol. The van der Waals surface area contributed by atoms with Crippen molar-refractivity contribution in [1.29, 1.82) is 0 Å². The maximum absolute atomic E-state index is 13.3. The van der Waals surface area contributed by atoms with Crippen molar-refractivity contribution in [2.75, 3.05) is 24.7 Å². The summed E-state index contributed by atoms with van der Waals surface area (Å²) >= 11 is 0. The van der Waals surface area contributed by atoms with Gasteiger partial charge in [-0.1, -0.05) is 30.3 Å². The molecule has 7 nitrogen and oxygen atoms in total. The van der Waals surface area contributed by atoms with Crippen LogP contribution in [0.15, 0.2) is 48.8 Å². The highest BCUT2D eigenvalue weighted by molar-refractivity contribution is 7.91. The van der Waals surface area contributed by atoms with Crippen LogP contribution in [-0.2, 0) is 25.8 Å². The van der Waals surface area contributed by atoms with Crippen molar-refractivity contribution in [3.05, 3.63) is 54.4 Å². The zero-order chi connectivity index (χ0) is 21.2. The highest BCUT2D eigenvalue weighted by Gasteiger charge is 2.44. The number of hydrogen-bond acceptors (Lipinski definition) is 6. The van der Waals surface area contributed by atoms with Crippen molar-refractivity contribution in [2.24, 2.45) is 5.41 Å². The first-order valence-electron chi connectivity index (χ1n) is 10.1. The highest BCUT2D eigenvalue weighted by atomic mass is 32.2. The second-order valence-electron chi connectivity index (χ2n) is 8.24. The van der Waals surface area contributed by atoms with Crippen LogP contribution < -0.4 is 5.32 Å². The second-order valence-corrected chi connectivity index (χ2v) is 10.4. The van der Waals surface area contributed by atoms with E-state index in [1.807, 2.05) is 30.3 Å². The van der Waals surface area contributed by atoms with Gasteiger partial charge in [0.1, 0.15) is 0 Å². The Bertz CT molecular complexity index is 1000. The van der Waals surface area contributed by atoms with E-state index < -0.39 is 27.4 Å². The van der Waals surface area contributed by atoms with Crippen LogP contribution in [0.5, 0.6) is 0 Å². The van der Waals surface area contributed by atoms with E-state index in [4.69, 9.17) is 4.74 Å². The van der Waals surface area contributed by atoms with E-state index in [1.165, 1.54) is 0 Å². The third-order valence-corrected chi connectivity index (χ3v) is 7.75. The Morgan fingerprint density at radius 3 is 2.60 bits per heavy atom. The fraction of sp³-hybridized carbons (Fsp3) is 0.455. The third-order valence-electron chi connectivity index (χ3n) is 6.04. The Morgan fingerprint density at radius 1 is 1.17 bits per heavy atom. The standard InChI is InChI=1S/C22H26N2O5S/c25-20-15-30(27,28)14-19(20)24-21(26)22(6-9-29-10-7-22)12-16-3-1-4-17(11-16)18-5-2-8-23-13-18/h1-5,8,11,13,19-20,25H,6-7,9-10,12,14-15H2,(H,24,26)/t19-,20-/m1/s1. The smallest absolute Gasteiger partial charge is 0.227 e. The van der Waals surface area contributed by atoms with E-state index >= 15 is 0 Å². The number of ether oxygens (including phenoxy) is 1. The SMILES string of the molecule is O=C(N[C@@H]1CS(=O)(=O)C[C@H]1O)C1(Cc2cccc(-c3cccnc3)c2)CCOCC1. The first-order chi connectivity index (χ1) is 14.4. The number of nitrogens with zero attached hydrogens (tertiary/aromatic N) is 1. The number of hydrogen-bond donors (Lipinski definition) is 2. The average Bonchev–Trinajstić information content (AvgIpc) is 3.00. The molecule has 2 saturated heterocycles. The lowest BCUT2D eigenvalue weighted by molar-refractivity contribution is -0.138. The lowest BCUT2D eigenvalue weighted by Gasteiger charge is -2.37. The lowest BCUT2D eigenvalue weighted by atomic mass is 9.74. The molecule has 1 aromatic heterocycles. The van der Waals surface area contributed by atoms with Crippen LogP contribution in [0.1, 0.15) is 18.4 Å². The van der Waals surface area contributed by atoms with E-state index in [1.54, 1.807) is 12.4 Å². The predicted octanol–water partition coefficient (Wildman–Crippen LogP) is 1.36. The molecule has 0 saturated carbocycles. The summed E-state index contributed by atoms with van der Waals surface area (Å²) in [6.07, 6.45) is 4.08. The van der Waals surface area contributed by atoms with Gasteiger partial charge in [-0.2, -0.15) is 0 Å². The summed E-state index contributed by atoms with van der Waals surface area (Å²) in [5.74, 6) is -0.733. The average molecular weight is 431 g/mol. The van der Waals surface area contributed by atoms with Crippen molar-refractivity contribution in [3.8, 4) is 11.1 Å². The molecule has 3 heterocycles. The first-order valence-corrected chi connectivity index (χ1v) is 12.0. The normalized spacial score (nSPS) is 25.0. The molecule has 4 rings (SSSR count). The van der Waals surface area contributed by atoms with Gasteiger partial charge in [0.05, 0.1) is 29.1 Å². The van der Waals surface area contributed by atoms with Gasteiger partial charge in [0, 0.05) is 25.6 Å². The zero-order valence-corrected chi connectivity index (χ0v) is 17.5. The van der Waals surface area contributed by atoms with E-state index in [2.05, 4.69) is 16.4 Å². The molecule has 2 fully saturated rings. The topological polar surface area (TPSA) is 106 Å². The number of aromatic nitrogens is 1. The summed E-state index contributed by atoms with van der Waals surface area (Å²) in [5.41, 5.74) is 2.36. The molecule has 30 heavy (non-hydrogen) atoms. The Labute approximate surface area is 176 Å².